The Labute approximate surface area is 175 Å². The third kappa shape index (κ3) is 5.03. The summed E-state index contributed by atoms with van der Waals surface area (Å²) in [5.74, 6) is 0.703. The summed E-state index contributed by atoms with van der Waals surface area (Å²) in [5, 5.41) is 3.73. The van der Waals surface area contributed by atoms with Crippen molar-refractivity contribution in [2.24, 2.45) is 4.99 Å². The lowest BCUT2D eigenvalue weighted by molar-refractivity contribution is -0.114. The normalized spacial score (nSPS) is 11.3. The number of hydrogen-bond acceptors (Lipinski definition) is 4. The molecule has 1 heterocycles. The molecule has 0 saturated carbocycles. The SMILES string of the molecule is C=CCn1c(-c2ccc(C)cc2)c(NC(C)=O)sc1=Nc1ccc(OCC)cc1. The van der Waals surface area contributed by atoms with Crippen LogP contribution >= 0.6 is 11.3 Å². The average Bonchev–Trinajstić information content (AvgIpc) is 3.00. The minimum Gasteiger partial charge on any atom is -0.494 e. The maximum Gasteiger partial charge on any atom is 0.221 e. The lowest BCUT2D eigenvalue weighted by atomic mass is 10.1. The number of aryl methyl sites for hydroxylation is 1. The van der Waals surface area contributed by atoms with Gasteiger partial charge in [-0.1, -0.05) is 47.2 Å². The second-order valence-corrected chi connectivity index (χ2v) is 7.53. The predicted octanol–water partition coefficient (Wildman–Crippen LogP) is 5.30. The van der Waals surface area contributed by atoms with Crippen molar-refractivity contribution in [2.75, 3.05) is 11.9 Å². The number of carbonyl (C=O) groups excluding carboxylic acids is 1. The number of carbonyl (C=O) groups is 1. The molecule has 0 saturated heterocycles. The summed E-state index contributed by atoms with van der Waals surface area (Å²) in [5.41, 5.74) is 3.94. The highest BCUT2D eigenvalue weighted by Crippen LogP contribution is 2.31. The molecule has 1 aromatic heterocycles. The van der Waals surface area contributed by atoms with Gasteiger partial charge in [0.25, 0.3) is 0 Å². The number of benzene rings is 2. The van der Waals surface area contributed by atoms with Crippen LogP contribution in [0.3, 0.4) is 0 Å². The fourth-order valence-corrected chi connectivity index (χ4v) is 4.06. The Morgan fingerprint density at radius 2 is 1.90 bits per heavy atom. The molecule has 0 unspecified atom stereocenters. The molecule has 0 aliphatic carbocycles. The Morgan fingerprint density at radius 3 is 2.48 bits per heavy atom. The van der Waals surface area contributed by atoms with E-state index in [0.717, 1.165) is 32.5 Å². The van der Waals surface area contributed by atoms with Crippen LogP contribution in [0.25, 0.3) is 11.3 Å². The van der Waals surface area contributed by atoms with Crippen molar-refractivity contribution in [2.45, 2.75) is 27.3 Å². The number of amides is 1. The molecule has 2 aromatic carbocycles. The van der Waals surface area contributed by atoms with Gasteiger partial charge in [0.2, 0.25) is 5.91 Å². The summed E-state index contributed by atoms with van der Waals surface area (Å²) in [6, 6.07) is 15.9. The zero-order valence-electron chi connectivity index (χ0n) is 16.9. The van der Waals surface area contributed by atoms with Crippen LogP contribution in [0.15, 0.2) is 66.2 Å². The van der Waals surface area contributed by atoms with Crippen molar-refractivity contribution in [3.05, 3.63) is 71.6 Å². The van der Waals surface area contributed by atoms with E-state index in [9.17, 15) is 4.79 Å². The van der Waals surface area contributed by atoms with Crippen molar-refractivity contribution in [3.63, 3.8) is 0 Å². The summed E-state index contributed by atoms with van der Waals surface area (Å²) in [6.07, 6.45) is 1.83. The van der Waals surface area contributed by atoms with Crippen LogP contribution in [0.5, 0.6) is 5.75 Å². The number of allylic oxidation sites excluding steroid dienone is 1. The van der Waals surface area contributed by atoms with Gasteiger partial charge in [0.15, 0.2) is 4.80 Å². The van der Waals surface area contributed by atoms with Crippen molar-refractivity contribution >= 4 is 27.9 Å². The van der Waals surface area contributed by atoms with Crippen molar-refractivity contribution in [1.29, 1.82) is 0 Å². The van der Waals surface area contributed by atoms with E-state index in [4.69, 9.17) is 9.73 Å². The second kappa shape index (κ2) is 9.39. The van der Waals surface area contributed by atoms with E-state index in [1.807, 2.05) is 37.3 Å². The Morgan fingerprint density at radius 1 is 1.21 bits per heavy atom. The van der Waals surface area contributed by atoms with Crippen LogP contribution < -0.4 is 14.9 Å². The molecule has 6 heteroatoms. The van der Waals surface area contributed by atoms with Crippen LogP contribution in [0.1, 0.15) is 19.4 Å². The Bertz CT molecular complexity index is 1060. The number of anilines is 1. The molecule has 29 heavy (non-hydrogen) atoms. The van der Waals surface area contributed by atoms with E-state index in [2.05, 4.69) is 47.7 Å². The van der Waals surface area contributed by atoms with E-state index >= 15 is 0 Å². The molecule has 0 aliphatic rings. The van der Waals surface area contributed by atoms with Gasteiger partial charge < -0.3 is 14.6 Å². The minimum atomic E-state index is -0.113. The first kappa shape index (κ1) is 20.6. The fourth-order valence-electron chi connectivity index (χ4n) is 2.93. The van der Waals surface area contributed by atoms with Gasteiger partial charge in [-0.25, -0.2) is 4.99 Å². The molecule has 150 valence electrons. The van der Waals surface area contributed by atoms with Crippen molar-refractivity contribution < 1.29 is 9.53 Å². The lowest BCUT2D eigenvalue weighted by Crippen LogP contribution is -2.15. The van der Waals surface area contributed by atoms with Gasteiger partial charge in [0, 0.05) is 19.0 Å². The van der Waals surface area contributed by atoms with Gasteiger partial charge in [0.1, 0.15) is 10.8 Å². The third-order valence-electron chi connectivity index (χ3n) is 4.21. The highest BCUT2D eigenvalue weighted by Gasteiger charge is 2.16. The minimum absolute atomic E-state index is 0.113. The number of rotatable bonds is 7. The second-order valence-electron chi connectivity index (χ2n) is 6.55. The highest BCUT2D eigenvalue weighted by atomic mass is 32.1. The van der Waals surface area contributed by atoms with Crippen LogP contribution in [-0.2, 0) is 11.3 Å². The van der Waals surface area contributed by atoms with Crippen molar-refractivity contribution in [1.82, 2.24) is 4.57 Å². The quantitative estimate of drug-likeness (QED) is 0.540. The topological polar surface area (TPSA) is 55.6 Å². The van der Waals surface area contributed by atoms with Gasteiger partial charge in [-0.2, -0.15) is 0 Å². The van der Waals surface area contributed by atoms with E-state index in [1.165, 1.54) is 23.8 Å². The van der Waals surface area contributed by atoms with E-state index in [-0.39, 0.29) is 5.91 Å². The molecule has 0 fully saturated rings. The number of ether oxygens (including phenoxy) is 1. The van der Waals surface area contributed by atoms with Gasteiger partial charge in [-0.3, -0.25) is 4.79 Å². The fraction of sp³-hybridized carbons (Fsp3) is 0.217. The van der Waals surface area contributed by atoms with Crippen LogP contribution in [0, 0.1) is 6.92 Å². The molecule has 0 radical (unpaired) electrons. The number of nitrogens with zero attached hydrogens (tertiary/aromatic N) is 2. The van der Waals surface area contributed by atoms with Crippen LogP contribution in [0.2, 0.25) is 0 Å². The van der Waals surface area contributed by atoms with Crippen molar-refractivity contribution in [3.8, 4) is 17.0 Å². The molecule has 5 nitrogen and oxygen atoms in total. The molecular weight excluding hydrogens is 382 g/mol. The molecule has 1 amide bonds. The lowest BCUT2D eigenvalue weighted by Gasteiger charge is -2.10. The first-order valence-electron chi connectivity index (χ1n) is 9.48. The van der Waals surface area contributed by atoms with Crippen LogP contribution in [0.4, 0.5) is 10.7 Å². The summed E-state index contributed by atoms with van der Waals surface area (Å²) in [6.45, 7) is 10.6. The molecule has 0 aliphatic heterocycles. The summed E-state index contributed by atoms with van der Waals surface area (Å²) in [4.78, 5) is 17.4. The number of thiazole rings is 1. The molecule has 0 bridgehead atoms. The maximum absolute atomic E-state index is 11.8. The van der Waals surface area contributed by atoms with Crippen LogP contribution in [-0.4, -0.2) is 17.1 Å². The summed E-state index contributed by atoms with van der Waals surface area (Å²) in [7, 11) is 0. The largest absolute Gasteiger partial charge is 0.494 e. The first-order valence-corrected chi connectivity index (χ1v) is 10.3. The molecule has 3 rings (SSSR count). The van der Waals surface area contributed by atoms with E-state index in [1.54, 1.807) is 0 Å². The zero-order valence-corrected chi connectivity index (χ0v) is 17.8. The van der Waals surface area contributed by atoms with E-state index < -0.39 is 0 Å². The first-order chi connectivity index (χ1) is 14.0. The Hall–Kier alpha value is -3.12. The highest BCUT2D eigenvalue weighted by molar-refractivity contribution is 7.14. The van der Waals surface area contributed by atoms with Gasteiger partial charge in [0.05, 0.1) is 18.0 Å². The summed E-state index contributed by atoms with van der Waals surface area (Å²) >= 11 is 1.45. The predicted molar refractivity (Wildman–Crippen MR) is 120 cm³/mol. The molecule has 1 N–H and O–H groups in total. The van der Waals surface area contributed by atoms with Gasteiger partial charge in [-0.05, 0) is 38.1 Å². The van der Waals surface area contributed by atoms with Gasteiger partial charge >= 0.3 is 0 Å². The average molecular weight is 408 g/mol. The Balaban J connectivity index is 2.16. The van der Waals surface area contributed by atoms with Gasteiger partial charge in [-0.15, -0.1) is 6.58 Å². The third-order valence-corrected chi connectivity index (χ3v) is 5.20. The smallest absolute Gasteiger partial charge is 0.221 e. The standard InChI is InChI=1S/C23H25N3O2S/c1-5-15-26-21(18-9-7-16(3)8-10-18)22(24-17(4)27)29-23(26)25-19-11-13-20(14-12-19)28-6-2/h5,7-14H,1,6,15H2,2-4H3,(H,24,27). The monoisotopic (exact) mass is 407 g/mol. The summed E-state index contributed by atoms with van der Waals surface area (Å²) < 4.78 is 7.58. The Kier molecular flexibility index (Phi) is 6.67. The number of hydrogen-bond donors (Lipinski definition) is 1. The molecule has 0 spiro atoms. The molecular formula is C23H25N3O2S. The molecule has 0 atom stereocenters. The molecule has 3 aromatic rings. The maximum atomic E-state index is 11.8. The zero-order chi connectivity index (χ0) is 20.8. The number of nitrogens with one attached hydrogen (secondary N) is 1. The number of aromatic nitrogens is 1. The van der Waals surface area contributed by atoms with E-state index in [0.29, 0.717) is 13.2 Å².